The van der Waals surface area contributed by atoms with Crippen LogP contribution in [0.5, 0.6) is 5.75 Å². The van der Waals surface area contributed by atoms with E-state index in [2.05, 4.69) is 0 Å². The number of aromatic nitrogens is 1. The van der Waals surface area contributed by atoms with Gasteiger partial charge in [0.1, 0.15) is 17.3 Å². The summed E-state index contributed by atoms with van der Waals surface area (Å²) in [6.45, 7) is 4.06. The van der Waals surface area contributed by atoms with E-state index in [1.54, 1.807) is 23.2 Å². The Bertz CT molecular complexity index is 1350. The van der Waals surface area contributed by atoms with Gasteiger partial charge in [0, 0.05) is 28.7 Å². The molecule has 1 atom stereocenters. The third kappa shape index (κ3) is 4.55. The minimum atomic E-state index is -0.670. The first-order chi connectivity index (χ1) is 17.0. The molecule has 0 N–H and O–H groups in total. The van der Waals surface area contributed by atoms with Gasteiger partial charge in [0.05, 0.1) is 11.4 Å². The first kappa shape index (κ1) is 22.8. The number of carbonyl (C=O) groups excluding carboxylic acids is 2. The highest BCUT2D eigenvalue weighted by molar-refractivity contribution is 7.13. The van der Waals surface area contributed by atoms with Crippen LogP contribution >= 0.6 is 11.3 Å². The number of rotatable bonds is 6. The fourth-order valence-electron chi connectivity index (χ4n) is 4.18. The van der Waals surface area contributed by atoms with Crippen LogP contribution < -0.4 is 14.5 Å². The fourth-order valence-corrected chi connectivity index (χ4v) is 5.02. The number of benzene rings is 3. The molecule has 176 valence electrons. The molecule has 1 aliphatic rings. The van der Waals surface area contributed by atoms with Crippen LogP contribution in [0.1, 0.15) is 13.8 Å². The molecule has 0 bridgehead atoms. The number of amides is 2. The van der Waals surface area contributed by atoms with E-state index in [4.69, 9.17) is 9.72 Å². The second-order valence-electron chi connectivity index (χ2n) is 8.24. The van der Waals surface area contributed by atoms with Gasteiger partial charge in [-0.05, 0) is 44.2 Å². The molecule has 35 heavy (non-hydrogen) atoms. The predicted molar refractivity (Wildman–Crippen MR) is 140 cm³/mol. The maximum atomic E-state index is 13.3. The van der Waals surface area contributed by atoms with Crippen LogP contribution in [0.3, 0.4) is 0 Å². The average molecular weight is 484 g/mol. The second-order valence-corrected chi connectivity index (χ2v) is 9.10. The van der Waals surface area contributed by atoms with Crippen LogP contribution in [0, 0.1) is 0 Å². The summed E-state index contributed by atoms with van der Waals surface area (Å²) in [4.78, 5) is 34.4. The Labute approximate surface area is 208 Å². The van der Waals surface area contributed by atoms with E-state index in [-0.39, 0.29) is 18.4 Å². The van der Waals surface area contributed by atoms with E-state index in [0.29, 0.717) is 18.0 Å². The highest BCUT2D eigenvalue weighted by atomic mass is 32.1. The van der Waals surface area contributed by atoms with Gasteiger partial charge in [-0.3, -0.25) is 14.5 Å². The lowest BCUT2D eigenvalue weighted by Gasteiger charge is -2.34. The number of hydrogen-bond acceptors (Lipinski definition) is 5. The number of ether oxygens (including phenoxy) is 1. The molecule has 7 heteroatoms. The molecule has 1 unspecified atom stereocenters. The summed E-state index contributed by atoms with van der Waals surface area (Å²) < 4.78 is 5.86. The van der Waals surface area contributed by atoms with Gasteiger partial charge in [-0.15, -0.1) is 11.3 Å². The van der Waals surface area contributed by atoms with Crippen molar-refractivity contribution in [2.45, 2.75) is 20.0 Å². The van der Waals surface area contributed by atoms with Crippen molar-refractivity contribution in [3.63, 3.8) is 0 Å². The van der Waals surface area contributed by atoms with Crippen molar-refractivity contribution >= 4 is 34.5 Å². The van der Waals surface area contributed by atoms with Crippen molar-refractivity contribution in [2.24, 2.45) is 0 Å². The molecule has 6 nitrogen and oxygen atoms in total. The van der Waals surface area contributed by atoms with E-state index in [1.165, 1.54) is 4.90 Å². The SMILES string of the molecule is CCN(C(=O)CN1C(=O)C(C)Oc2ccc(-c3csc(-c4ccccc4)n3)cc21)c1ccccc1. The number of carbonyl (C=O) groups is 2. The number of anilines is 2. The first-order valence-electron chi connectivity index (χ1n) is 11.5. The highest BCUT2D eigenvalue weighted by Gasteiger charge is 2.34. The second kappa shape index (κ2) is 9.72. The Morgan fingerprint density at radius 3 is 2.46 bits per heavy atom. The summed E-state index contributed by atoms with van der Waals surface area (Å²) in [6, 6.07) is 25.2. The standard InChI is InChI=1S/C28H25N3O3S/c1-3-30(22-12-8-5-9-13-22)26(32)17-31-24-16-21(14-15-25(24)34-19(2)28(31)33)23-18-35-27(29-23)20-10-6-4-7-11-20/h4-16,18-19H,3,17H2,1-2H3. The van der Waals surface area contributed by atoms with E-state index in [9.17, 15) is 9.59 Å². The molecular formula is C28H25N3O3S. The number of fused-ring (bicyclic) bond motifs is 1. The van der Waals surface area contributed by atoms with Gasteiger partial charge >= 0.3 is 0 Å². The lowest BCUT2D eigenvalue weighted by Crippen LogP contribution is -2.49. The molecule has 1 aliphatic heterocycles. The zero-order valence-electron chi connectivity index (χ0n) is 19.5. The summed E-state index contributed by atoms with van der Waals surface area (Å²) >= 11 is 1.57. The van der Waals surface area contributed by atoms with Crippen molar-refractivity contribution < 1.29 is 14.3 Å². The summed E-state index contributed by atoms with van der Waals surface area (Å²) in [5.74, 6) is 0.183. The third-order valence-corrected chi connectivity index (χ3v) is 6.86. The predicted octanol–water partition coefficient (Wildman–Crippen LogP) is 5.64. The minimum Gasteiger partial charge on any atom is -0.479 e. The van der Waals surface area contributed by atoms with E-state index < -0.39 is 6.10 Å². The summed E-state index contributed by atoms with van der Waals surface area (Å²) in [6.07, 6.45) is -0.670. The van der Waals surface area contributed by atoms with Gasteiger partial charge in [-0.25, -0.2) is 4.98 Å². The maximum absolute atomic E-state index is 13.3. The van der Waals surface area contributed by atoms with E-state index >= 15 is 0 Å². The lowest BCUT2D eigenvalue weighted by atomic mass is 10.1. The minimum absolute atomic E-state index is 0.0714. The molecular weight excluding hydrogens is 458 g/mol. The molecule has 0 spiro atoms. The number of hydrogen-bond donors (Lipinski definition) is 0. The van der Waals surface area contributed by atoms with Crippen molar-refractivity contribution in [1.82, 2.24) is 4.98 Å². The number of nitrogens with zero attached hydrogens (tertiary/aromatic N) is 3. The maximum Gasteiger partial charge on any atom is 0.268 e. The lowest BCUT2D eigenvalue weighted by molar-refractivity contribution is -0.127. The van der Waals surface area contributed by atoms with Crippen LogP contribution in [0.2, 0.25) is 0 Å². The Morgan fingerprint density at radius 1 is 1.03 bits per heavy atom. The molecule has 1 aromatic heterocycles. The fraction of sp³-hybridized carbons (Fsp3) is 0.179. The van der Waals surface area contributed by atoms with Crippen LogP contribution in [-0.2, 0) is 9.59 Å². The van der Waals surface area contributed by atoms with Gasteiger partial charge in [-0.1, -0.05) is 48.5 Å². The van der Waals surface area contributed by atoms with Gasteiger partial charge in [-0.2, -0.15) is 0 Å². The summed E-state index contributed by atoms with van der Waals surface area (Å²) in [7, 11) is 0. The monoisotopic (exact) mass is 483 g/mol. The molecule has 2 amide bonds. The molecule has 0 fully saturated rings. The molecule has 2 heterocycles. The third-order valence-electron chi connectivity index (χ3n) is 5.97. The van der Waals surface area contributed by atoms with E-state index in [0.717, 1.165) is 27.5 Å². The van der Waals surface area contributed by atoms with Gasteiger partial charge in [0.15, 0.2) is 6.10 Å². The number of thiazole rings is 1. The molecule has 5 rings (SSSR count). The quantitative estimate of drug-likeness (QED) is 0.356. The molecule has 0 radical (unpaired) electrons. The molecule has 0 aliphatic carbocycles. The molecule has 3 aromatic carbocycles. The van der Waals surface area contributed by atoms with Crippen LogP contribution in [0.15, 0.2) is 84.2 Å². The van der Waals surface area contributed by atoms with Gasteiger partial charge in [0.25, 0.3) is 5.91 Å². The smallest absolute Gasteiger partial charge is 0.268 e. The summed E-state index contributed by atoms with van der Waals surface area (Å²) in [5, 5.41) is 2.93. The molecule has 0 saturated carbocycles. The normalized spacial score (nSPS) is 14.9. The van der Waals surface area contributed by atoms with Crippen LogP contribution in [-0.4, -0.2) is 36.0 Å². The van der Waals surface area contributed by atoms with E-state index in [1.807, 2.05) is 91.2 Å². The zero-order valence-corrected chi connectivity index (χ0v) is 20.4. The van der Waals surface area contributed by atoms with Crippen molar-refractivity contribution in [3.05, 3.63) is 84.2 Å². The van der Waals surface area contributed by atoms with Crippen molar-refractivity contribution in [2.75, 3.05) is 22.9 Å². The van der Waals surface area contributed by atoms with Crippen molar-refractivity contribution in [1.29, 1.82) is 0 Å². The van der Waals surface area contributed by atoms with Gasteiger partial charge in [0.2, 0.25) is 5.91 Å². The summed E-state index contributed by atoms with van der Waals surface area (Å²) in [5.41, 5.74) is 4.12. The topological polar surface area (TPSA) is 62.7 Å². The number of para-hydroxylation sites is 1. The molecule has 4 aromatic rings. The average Bonchev–Trinajstić information content (AvgIpc) is 3.39. The van der Waals surface area contributed by atoms with Crippen LogP contribution in [0.25, 0.3) is 21.8 Å². The molecule has 0 saturated heterocycles. The largest absolute Gasteiger partial charge is 0.479 e. The Hall–Kier alpha value is -3.97. The Morgan fingerprint density at radius 2 is 1.74 bits per heavy atom. The Kier molecular flexibility index (Phi) is 6.33. The van der Waals surface area contributed by atoms with Crippen molar-refractivity contribution in [3.8, 4) is 27.6 Å². The zero-order chi connectivity index (χ0) is 24.4. The first-order valence-corrected chi connectivity index (χ1v) is 12.4. The van der Waals surface area contributed by atoms with Crippen LogP contribution in [0.4, 0.5) is 11.4 Å². The highest BCUT2D eigenvalue weighted by Crippen LogP contribution is 2.38. The Balaban J connectivity index is 1.46. The number of likely N-dealkylation sites (N-methyl/N-ethyl adjacent to an activating group) is 1. The van der Waals surface area contributed by atoms with Gasteiger partial charge < -0.3 is 9.64 Å².